The predicted octanol–water partition coefficient (Wildman–Crippen LogP) is 5.05. The summed E-state index contributed by atoms with van der Waals surface area (Å²) in [5.41, 5.74) is 2.02. The first-order chi connectivity index (χ1) is 15.5. The van der Waals surface area contributed by atoms with Gasteiger partial charge < -0.3 is 9.47 Å². The minimum atomic E-state index is -0.158. The number of fused-ring (bicyclic) bond motifs is 1. The number of nitrogens with zero attached hydrogens (tertiary/aromatic N) is 3. The van der Waals surface area contributed by atoms with Crippen molar-refractivity contribution in [3.8, 4) is 5.75 Å². The molecule has 1 saturated heterocycles. The lowest BCUT2D eigenvalue weighted by Gasteiger charge is -2.27. The van der Waals surface area contributed by atoms with Gasteiger partial charge in [-0.2, -0.15) is 0 Å². The van der Waals surface area contributed by atoms with Gasteiger partial charge in [-0.15, -0.1) is 0 Å². The van der Waals surface area contributed by atoms with E-state index in [-0.39, 0.29) is 12.5 Å². The maximum Gasteiger partial charge on any atom is 0.266 e. The third-order valence-corrected chi connectivity index (χ3v) is 6.92. The molecule has 0 atom stereocenters. The van der Waals surface area contributed by atoms with Crippen LogP contribution in [-0.4, -0.2) is 61.8 Å². The van der Waals surface area contributed by atoms with Crippen LogP contribution in [0.2, 0.25) is 10.0 Å². The van der Waals surface area contributed by atoms with Crippen molar-refractivity contribution in [2.75, 3.05) is 50.9 Å². The van der Waals surface area contributed by atoms with Crippen LogP contribution in [-0.2, 0) is 9.53 Å². The van der Waals surface area contributed by atoms with Gasteiger partial charge in [0.15, 0.2) is 11.7 Å². The highest BCUT2D eigenvalue weighted by Gasteiger charge is 2.22. The number of para-hydroxylation sites is 1. The third kappa shape index (κ3) is 5.71. The van der Waals surface area contributed by atoms with Gasteiger partial charge in [-0.3, -0.25) is 14.6 Å². The molecule has 0 unspecified atom stereocenters. The van der Waals surface area contributed by atoms with E-state index in [9.17, 15) is 4.79 Å². The monoisotopic (exact) mass is 493 g/mol. The summed E-state index contributed by atoms with van der Waals surface area (Å²) in [6.07, 6.45) is 0.836. The molecule has 0 spiro atoms. The maximum atomic E-state index is 13.2. The van der Waals surface area contributed by atoms with E-state index in [2.05, 4.69) is 4.90 Å². The molecule has 0 bridgehead atoms. The molecule has 0 aliphatic carbocycles. The number of amides is 1. The minimum absolute atomic E-state index is 0.131. The van der Waals surface area contributed by atoms with Gasteiger partial charge in [-0.05, 0) is 43.2 Å². The predicted molar refractivity (Wildman–Crippen MR) is 131 cm³/mol. The van der Waals surface area contributed by atoms with Gasteiger partial charge in [0.25, 0.3) is 5.91 Å². The van der Waals surface area contributed by atoms with Crippen LogP contribution < -0.4 is 9.64 Å². The Kier molecular flexibility index (Phi) is 7.86. The van der Waals surface area contributed by atoms with E-state index < -0.39 is 0 Å². The molecule has 1 aromatic heterocycles. The molecule has 2 heterocycles. The van der Waals surface area contributed by atoms with Crippen LogP contribution in [0, 0.1) is 6.92 Å². The number of aromatic nitrogens is 1. The summed E-state index contributed by atoms with van der Waals surface area (Å²) in [4.78, 5) is 22.1. The molecule has 1 aliphatic rings. The van der Waals surface area contributed by atoms with E-state index in [1.807, 2.05) is 25.1 Å². The van der Waals surface area contributed by atoms with Crippen LogP contribution in [0.25, 0.3) is 10.2 Å². The van der Waals surface area contributed by atoms with Crippen LogP contribution in [0.4, 0.5) is 5.13 Å². The van der Waals surface area contributed by atoms with Gasteiger partial charge in [-0.25, -0.2) is 4.98 Å². The Hall–Kier alpha value is -1.90. The van der Waals surface area contributed by atoms with Crippen LogP contribution in [0.3, 0.4) is 0 Å². The number of hydrogen-bond donors (Lipinski definition) is 0. The number of anilines is 1. The molecule has 0 N–H and O–H groups in total. The van der Waals surface area contributed by atoms with Crippen molar-refractivity contribution in [2.45, 2.75) is 13.3 Å². The standard InChI is InChI=1S/C23H25Cl2N3O3S/c1-16-4-2-5-20-22(16)26-23(32-20)28(9-3-8-27-10-12-30-13-11-27)21(29)15-31-19-7-6-17(24)14-18(19)25/h2,4-7,14H,3,8-13,15H2,1H3. The smallest absolute Gasteiger partial charge is 0.266 e. The SMILES string of the molecule is Cc1cccc2sc(N(CCCN3CCOCC3)C(=O)COc3ccc(Cl)cc3Cl)nc12. The lowest BCUT2D eigenvalue weighted by molar-refractivity contribution is -0.120. The van der Waals surface area contributed by atoms with Gasteiger partial charge in [0.05, 0.1) is 28.5 Å². The Labute approximate surface area is 201 Å². The van der Waals surface area contributed by atoms with Crippen LogP contribution in [0.15, 0.2) is 36.4 Å². The highest BCUT2D eigenvalue weighted by atomic mass is 35.5. The number of aryl methyl sites for hydroxylation is 1. The van der Waals surface area contributed by atoms with Gasteiger partial charge >= 0.3 is 0 Å². The molecule has 1 fully saturated rings. The number of rotatable bonds is 8. The Balaban J connectivity index is 1.48. The zero-order valence-electron chi connectivity index (χ0n) is 17.9. The molecule has 0 radical (unpaired) electrons. The molecular formula is C23H25Cl2N3O3S. The van der Waals surface area contributed by atoms with Crippen molar-refractivity contribution >= 4 is 55.8 Å². The molecule has 3 aromatic rings. The topological polar surface area (TPSA) is 54.9 Å². The van der Waals surface area contributed by atoms with Crippen molar-refractivity contribution in [3.05, 3.63) is 52.0 Å². The number of ether oxygens (including phenoxy) is 2. The highest BCUT2D eigenvalue weighted by Crippen LogP contribution is 2.31. The fraction of sp³-hybridized carbons (Fsp3) is 0.391. The van der Waals surface area contributed by atoms with Gasteiger partial charge in [-0.1, -0.05) is 46.7 Å². The Bertz CT molecular complexity index is 1090. The molecule has 2 aromatic carbocycles. The number of carbonyl (C=O) groups is 1. The quantitative estimate of drug-likeness (QED) is 0.439. The zero-order valence-corrected chi connectivity index (χ0v) is 20.2. The first kappa shape index (κ1) is 23.3. The average molecular weight is 494 g/mol. The summed E-state index contributed by atoms with van der Waals surface area (Å²) in [7, 11) is 0. The fourth-order valence-electron chi connectivity index (χ4n) is 3.60. The van der Waals surface area contributed by atoms with E-state index >= 15 is 0 Å². The van der Waals surface area contributed by atoms with Crippen LogP contribution in [0.5, 0.6) is 5.75 Å². The average Bonchev–Trinajstić information content (AvgIpc) is 3.22. The Morgan fingerprint density at radius 3 is 2.81 bits per heavy atom. The van der Waals surface area contributed by atoms with E-state index in [1.54, 1.807) is 23.1 Å². The molecule has 170 valence electrons. The second kappa shape index (κ2) is 10.8. The Morgan fingerprint density at radius 1 is 1.25 bits per heavy atom. The lowest BCUT2D eigenvalue weighted by Crippen LogP contribution is -2.40. The number of halogens is 2. The van der Waals surface area contributed by atoms with Gasteiger partial charge in [0.2, 0.25) is 0 Å². The summed E-state index contributed by atoms with van der Waals surface area (Å²) in [5, 5.41) is 1.58. The molecular weight excluding hydrogens is 469 g/mol. The van der Waals surface area contributed by atoms with Crippen LogP contribution in [0.1, 0.15) is 12.0 Å². The van der Waals surface area contributed by atoms with Crippen molar-refractivity contribution in [2.24, 2.45) is 0 Å². The van der Waals surface area contributed by atoms with E-state index in [4.69, 9.17) is 37.7 Å². The molecule has 32 heavy (non-hydrogen) atoms. The molecule has 4 rings (SSSR count). The normalized spacial score (nSPS) is 14.6. The van der Waals surface area contributed by atoms with Crippen LogP contribution >= 0.6 is 34.5 Å². The zero-order chi connectivity index (χ0) is 22.5. The van der Waals surface area contributed by atoms with Crippen molar-refractivity contribution < 1.29 is 14.3 Å². The summed E-state index contributed by atoms with van der Waals surface area (Å²) < 4.78 is 12.2. The maximum absolute atomic E-state index is 13.2. The third-order valence-electron chi connectivity index (χ3n) is 5.35. The minimum Gasteiger partial charge on any atom is -0.482 e. The summed E-state index contributed by atoms with van der Waals surface area (Å²) >= 11 is 13.7. The summed E-state index contributed by atoms with van der Waals surface area (Å²) in [6, 6.07) is 11.0. The molecule has 1 amide bonds. The summed E-state index contributed by atoms with van der Waals surface area (Å²) in [5.74, 6) is 0.271. The second-order valence-corrected chi connectivity index (χ2v) is 9.49. The number of benzene rings is 2. The highest BCUT2D eigenvalue weighted by molar-refractivity contribution is 7.22. The lowest BCUT2D eigenvalue weighted by atomic mass is 10.2. The Morgan fingerprint density at radius 2 is 2.06 bits per heavy atom. The second-order valence-electron chi connectivity index (χ2n) is 7.63. The summed E-state index contributed by atoms with van der Waals surface area (Å²) in [6.45, 7) is 6.73. The van der Waals surface area contributed by atoms with E-state index in [1.165, 1.54) is 11.3 Å². The molecule has 6 nitrogen and oxygen atoms in total. The number of hydrogen-bond acceptors (Lipinski definition) is 6. The van der Waals surface area contributed by atoms with Crippen molar-refractivity contribution in [1.82, 2.24) is 9.88 Å². The van der Waals surface area contributed by atoms with Gasteiger partial charge in [0.1, 0.15) is 5.75 Å². The first-order valence-electron chi connectivity index (χ1n) is 10.6. The molecule has 0 saturated carbocycles. The van der Waals surface area contributed by atoms with E-state index in [0.29, 0.717) is 27.5 Å². The number of carbonyl (C=O) groups excluding carboxylic acids is 1. The van der Waals surface area contributed by atoms with E-state index in [0.717, 1.165) is 55.0 Å². The van der Waals surface area contributed by atoms with Crippen molar-refractivity contribution in [1.29, 1.82) is 0 Å². The molecule has 9 heteroatoms. The van der Waals surface area contributed by atoms with Gasteiger partial charge in [0, 0.05) is 31.2 Å². The largest absolute Gasteiger partial charge is 0.482 e. The number of thiazole rings is 1. The first-order valence-corrected chi connectivity index (χ1v) is 12.1. The molecule has 1 aliphatic heterocycles. The number of morpholine rings is 1. The van der Waals surface area contributed by atoms with Crippen molar-refractivity contribution in [3.63, 3.8) is 0 Å². The fourth-order valence-corrected chi connectivity index (χ4v) is 5.15.